The highest BCUT2D eigenvalue weighted by Gasteiger charge is 2.21. The van der Waals surface area contributed by atoms with Gasteiger partial charge in [0.25, 0.3) is 5.56 Å². The van der Waals surface area contributed by atoms with E-state index in [0.29, 0.717) is 6.07 Å². The third-order valence-corrected chi connectivity index (χ3v) is 3.97. The van der Waals surface area contributed by atoms with E-state index in [1.54, 1.807) is 6.92 Å². The van der Waals surface area contributed by atoms with Crippen LogP contribution < -0.4 is 11.2 Å². The van der Waals surface area contributed by atoms with Gasteiger partial charge in [-0.15, -0.1) is 6.58 Å². The van der Waals surface area contributed by atoms with Gasteiger partial charge in [-0.3, -0.25) is 14.2 Å². The van der Waals surface area contributed by atoms with Crippen LogP contribution in [-0.2, 0) is 22.6 Å². The maximum atomic E-state index is 14.4. The Morgan fingerprint density at radius 1 is 1.32 bits per heavy atom. The number of aromatic nitrogens is 4. The van der Waals surface area contributed by atoms with Crippen molar-refractivity contribution in [3.8, 4) is 5.69 Å². The Morgan fingerprint density at radius 3 is 2.71 bits per heavy atom. The van der Waals surface area contributed by atoms with Gasteiger partial charge in [0.15, 0.2) is 11.2 Å². The summed E-state index contributed by atoms with van der Waals surface area (Å²) in [4.78, 5) is 41.5. The molecule has 0 aliphatic carbocycles. The lowest BCUT2D eigenvalue weighted by Crippen LogP contribution is -2.40. The van der Waals surface area contributed by atoms with Gasteiger partial charge >= 0.3 is 11.7 Å². The number of hydrogen-bond acceptors (Lipinski definition) is 5. The summed E-state index contributed by atoms with van der Waals surface area (Å²) < 4.78 is 35.4. The molecule has 0 unspecified atom stereocenters. The van der Waals surface area contributed by atoms with Gasteiger partial charge in [-0.1, -0.05) is 6.08 Å². The molecular weight excluding hydrogens is 374 g/mol. The SMILES string of the molecule is C=CCn1c(=O)c2c(ncn2CC(=O)OCC)n(-c2ccc(F)cc2F)c1=O. The van der Waals surface area contributed by atoms with Gasteiger partial charge in [0.2, 0.25) is 0 Å². The van der Waals surface area contributed by atoms with E-state index in [2.05, 4.69) is 11.6 Å². The van der Waals surface area contributed by atoms with Gasteiger partial charge in [-0.05, 0) is 19.1 Å². The lowest BCUT2D eigenvalue weighted by molar-refractivity contribution is -0.143. The Kier molecular flexibility index (Phi) is 5.21. The number of fused-ring (bicyclic) bond motifs is 1. The summed E-state index contributed by atoms with van der Waals surface area (Å²) in [5.41, 5.74) is -2.14. The molecule has 0 spiro atoms. The molecule has 0 fully saturated rings. The normalized spacial score (nSPS) is 11.0. The summed E-state index contributed by atoms with van der Waals surface area (Å²) in [5, 5.41) is 0. The predicted molar refractivity (Wildman–Crippen MR) is 96.3 cm³/mol. The molecule has 0 bridgehead atoms. The van der Waals surface area contributed by atoms with Crippen molar-refractivity contribution < 1.29 is 18.3 Å². The minimum atomic E-state index is -1.01. The zero-order valence-electron chi connectivity index (χ0n) is 14.9. The molecule has 0 aliphatic rings. The molecule has 10 heteroatoms. The fourth-order valence-electron chi connectivity index (χ4n) is 2.82. The highest BCUT2D eigenvalue weighted by atomic mass is 19.1. The quantitative estimate of drug-likeness (QED) is 0.469. The number of carbonyl (C=O) groups is 1. The van der Waals surface area contributed by atoms with Crippen LogP contribution >= 0.6 is 0 Å². The van der Waals surface area contributed by atoms with E-state index in [1.165, 1.54) is 17.0 Å². The second-order valence-electron chi connectivity index (χ2n) is 5.77. The molecule has 8 nitrogen and oxygen atoms in total. The van der Waals surface area contributed by atoms with E-state index < -0.39 is 28.9 Å². The first kappa shape index (κ1) is 19.2. The molecule has 1 aromatic carbocycles. The van der Waals surface area contributed by atoms with Crippen molar-refractivity contribution in [3.05, 3.63) is 69.7 Å². The molecule has 0 radical (unpaired) electrons. The van der Waals surface area contributed by atoms with E-state index in [4.69, 9.17) is 4.74 Å². The van der Waals surface area contributed by atoms with Crippen molar-refractivity contribution in [2.45, 2.75) is 20.0 Å². The number of ether oxygens (including phenoxy) is 1. The third-order valence-electron chi connectivity index (χ3n) is 3.97. The lowest BCUT2D eigenvalue weighted by atomic mass is 10.3. The van der Waals surface area contributed by atoms with Gasteiger partial charge in [0.05, 0.1) is 18.6 Å². The molecule has 2 aromatic heterocycles. The maximum Gasteiger partial charge on any atom is 0.337 e. The van der Waals surface area contributed by atoms with E-state index in [-0.39, 0.29) is 36.5 Å². The zero-order valence-corrected chi connectivity index (χ0v) is 14.9. The average molecular weight is 390 g/mol. The van der Waals surface area contributed by atoms with Crippen molar-refractivity contribution in [1.29, 1.82) is 0 Å². The second kappa shape index (κ2) is 7.59. The van der Waals surface area contributed by atoms with Gasteiger partial charge < -0.3 is 9.30 Å². The van der Waals surface area contributed by atoms with Crippen LogP contribution in [0, 0.1) is 11.6 Å². The summed E-state index contributed by atoms with van der Waals surface area (Å²) >= 11 is 0. The molecule has 0 atom stereocenters. The van der Waals surface area contributed by atoms with Crippen molar-refractivity contribution >= 4 is 17.1 Å². The summed E-state index contributed by atoms with van der Waals surface area (Å²) in [6, 6.07) is 2.67. The molecule has 0 saturated heterocycles. The Balaban J connectivity index is 2.36. The standard InChI is InChI=1S/C18H16F2N4O4/c1-3-7-23-17(26)15-16(21-10-22(15)9-14(25)28-4-2)24(18(23)27)13-6-5-11(19)8-12(13)20/h3,5-6,8,10H,1,4,7,9H2,2H3. The largest absolute Gasteiger partial charge is 0.465 e. The number of rotatable bonds is 6. The lowest BCUT2D eigenvalue weighted by Gasteiger charge is -2.12. The topological polar surface area (TPSA) is 88.1 Å². The molecule has 28 heavy (non-hydrogen) atoms. The number of carbonyl (C=O) groups excluding carboxylic acids is 1. The first-order chi connectivity index (χ1) is 13.4. The number of benzene rings is 1. The number of nitrogens with zero attached hydrogens (tertiary/aromatic N) is 4. The Morgan fingerprint density at radius 2 is 2.07 bits per heavy atom. The van der Waals surface area contributed by atoms with E-state index in [0.717, 1.165) is 21.3 Å². The fourth-order valence-corrected chi connectivity index (χ4v) is 2.82. The first-order valence-corrected chi connectivity index (χ1v) is 8.31. The monoisotopic (exact) mass is 390 g/mol. The number of halogens is 2. The predicted octanol–water partition coefficient (Wildman–Crippen LogP) is 1.38. The molecule has 0 aliphatic heterocycles. The van der Waals surface area contributed by atoms with Crippen LogP contribution in [0.3, 0.4) is 0 Å². The Bertz CT molecular complexity index is 1190. The average Bonchev–Trinajstić information content (AvgIpc) is 3.04. The molecule has 0 saturated carbocycles. The summed E-state index contributed by atoms with van der Waals surface area (Å²) in [7, 11) is 0. The number of esters is 1. The van der Waals surface area contributed by atoms with E-state index >= 15 is 0 Å². The van der Waals surface area contributed by atoms with Gasteiger partial charge in [-0.2, -0.15) is 0 Å². The smallest absolute Gasteiger partial charge is 0.337 e. The Hall–Kier alpha value is -3.56. The van der Waals surface area contributed by atoms with Crippen LogP contribution in [0.1, 0.15) is 6.92 Å². The molecule has 146 valence electrons. The minimum absolute atomic E-state index is 0.0989. The highest BCUT2D eigenvalue weighted by molar-refractivity contribution is 5.76. The van der Waals surface area contributed by atoms with E-state index in [9.17, 15) is 23.2 Å². The summed E-state index contributed by atoms with van der Waals surface area (Å²) in [6.07, 6.45) is 2.50. The highest BCUT2D eigenvalue weighted by Crippen LogP contribution is 2.17. The molecule has 0 N–H and O–H groups in total. The van der Waals surface area contributed by atoms with E-state index in [1.807, 2.05) is 0 Å². The first-order valence-electron chi connectivity index (χ1n) is 8.31. The minimum Gasteiger partial charge on any atom is -0.465 e. The molecule has 3 rings (SSSR count). The van der Waals surface area contributed by atoms with Crippen LogP contribution in [0.2, 0.25) is 0 Å². The maximum absolute atomic E-state index is 14.4. The van der Waals surface area contributed by atoms with Crippen molar-refractivity contribution in [3.63, 3.8) is 0 Å². The molecular formula is C18H16F2N4O4. The molecule has 3 aromatic rings. The number of hydrogen-bond donors (Lipinski definition) is 0. The van der Waals surface area contributed by atoms with Gasteiger partial charge in [0.1, 0.15) is 18.2 Å². The second-order valence-corrected chi connectivity index (χ2v) is 5.77. The number of allylic oxidation sites excluding steroid dienone is 1. The van der Waals surface area contributed by atoms with Crippen molar-refractivity contribution in [2.75, 3.05) is 6.61 Å². The van der Waals surface area contributed by atoms with Crippen LogP contribution in [0.5, 0.6) is 0 Å². The fraction of sp³-hybridized carbons (Fsp3) is 0.222. The number of imidazole rings is 1. The van der Waals surface area contributed by atoms with Crippen LogP contribution in [0.15, 0.2) is 46.8 Å². The molecule has 0 amide bonds. The van der Waals surface area contributed by atoms with Crippen molar-refractivity contribution in [2.24, 2.45) is 0 Å². The summed E-state index contributed by atoms with van der Waals surface area (Å²) in [6.45, 7) is 4.82. The molecule has 2 heterocycles. The van der Waals surface area contributed by atoms with Gasteiger partial charge in [0, 0.05) is 12.6 Å². The van der Waals surface area contributed by atoms with Crippen molar-refractivity contribution in [1.82, 2.24) is 18.7 Å². The summed E-state index contributed by atoms with van der Waals surface area (Å²) in [5.74, 6) is -2.44. The zero-order chi connectivity index (χ0) is 20.4. The van der Waals surface area contributed by atoms with Gasteiger partial charge in [-0.25, -0.2) is 23.1 Å². The van der Waals surface area contributed by atoms with Crippen LogP contribution in [0.4, 0.5) is 8.78 Å². The van der Waals surface area contributed by atoms with Crippen LogP contribution in [-0.4, -0.2) is 31.3 Å². The Labute approximate surface area is 156 Å². The van der Waals surface area contributed by atoms with Crippen LogP contribution in [0.25, 0.3) is 16.9 Å². The third kappa shape index (κ3) is 3.24.